The van der Waals surface area contributed by atoms with Crippen molar-refractivity contribution in [2.75, 3.05) is 12.8 Å². The Morgan fingerprint density at radius 3 is 2.64 bits per heavy atom. The number of pyridine rings is 1. The van der Waals surface area contributed by atoms with Gasteiger partial charge in [-0.25, -0.2) is 13.4 Å². The van der Waals surface area contributed by atoms with Crippen LogP contribution in [0.4, 0.5) is 0 Å². The first-order valence-corrected chi connectivity index (χ1v) is 9.05. The number of aromatic nitrogens is 1. The van der Waals surface area contributed by atoms with Crippen LogP contribution in [0.15, 0.2) is 48.5 Å². The van der Waals surface area contributed by atoms with Gasteiger partial charge in [-0.3, -0.25) is 0 Å². The molecule has 2 aromatic rings. The fourth-order valence-corrected chi connectivity index (χ4v) is 3.85. The summed E-state index contributed by atoms with van der Waals surface area (Å²) in [7, 11) is -3.22. The zero-order valence-electron chi connectivity index (χ0n) is 12.3. The summed E-state index contributed by atoms with van der Waals surface area (Å²) in [4.78, 5) is 4.49. The lowest BCUT2D eigenvalue weighted by molar-refractivity contribution is 0.387. The molecule has 0 radical (unpaired) electrons. The number of sulfonamides is 1. The summed E-state index contributed by atoms with van der Waals surface area (Å²) in [6.07, 6.45) is 2.88. The number of hydrogen-bond donors (Lipinski definition) is 0. The smallest absolute Gasteiger partial charge is 0.219 e. The maximum absolute atomic E-state index is 11.9. The van der Waals surface area contributed by atoms with Crippen LogP contribution in [0, 0.1) is 0 Å². The van der Waals surface area contributed by atoms with Crippen LogP contribution in [-0.2, 0) is 10.0 Å². The maximum Gasteiger partial charge on any atom is 0.219 e. The van der Waals surface area contributed by atoms with Crippen LogP contribution in [0.2, 0.25) is 0 Å². The molecule has 5 nitrogen and oxygen atoms in total. The fourth-order valence-electron chi connectivity index (χ4n) is 2.72. The van der Waals surface area contributed by atoms with Crippen LogP contribution in [0.1, 0.15) is 24.6 Å². The topological polar surface area (TPSA) is 59.5 Å². The van der Waals surface area contributed by atoms with Crippen molar-refractivity contribution in [1.82, 2.24) is 9.29 Å². The predicted molar refractivity (Wildman–Crippen MR) is 84.3 cm³/mol. The van der Waals surface area contributed by atoms with E-state index in [0.717, 1.165) is 18.5 Å². The lowest BCUT2D eigenvalue weighted by atomic mass is 10.1. The molecule has 1 aromatic heterocycles. The van der Waals surface area contributed by atoms with Gasteiger partial charge in [-0.05, 0) is 31.0 Å². The monoisotopic (exact) mass is 318 g/mol. The minimum absolute atomic E-state index is 0.200. The summed E-state index contributed by atoms with van der Waals surface area (Å²) < 4.78 is 31.0. The first kappa shape index (κ1) is 15.0. The molecule has 0 aliphatic carbocycles. The molecule has 0 N–H and O–H groups in total. The van der Waals surface area contributed by atoms with E-state index in [9.17, 15) is 8.42 Å². The van der Waals surface area contributed by atoms with Crippen LogP contribution in [0.25, 0.3) is 0 Å². The average molecular weight is 318 g/mol. The van der Waals surface area contributed by atoms with Gasteiger partial charge in [-0.15, -0.1) is 0 Å². The van der Waals surface area contributed by atoms with Gasteiger partial charge in [0, 0.05) is 12.6 Å². The van der Waals surface area contributed by atoms with Gasteiger partial charge >= 0.3 is 0 Å². The molecule has 2 heterocycles. The zero-order chi connectivity index (χ0) is 15.6. The van der Waals surface area contributed by atoms with Crippen molar-refractivity contribution in [3.63, 3.8) is 0 Å². The van der Waals surface area contributed by atoms with Crippen molar-refractivity contribution in [3.8, 4) is 11.6 Å². The van der Waals surface area contributed by atoms with Crippen LogP contribution < -0.4 is 4.74 Å². The van der Waals surface area contributed by atoms with Crippen LogP contribution in [-0.4, -0.2) is 30.5 Å². The Morgan fingerprint density at radius 1 is 1.14 bits per heavy atom. The van der Waals surface area contributed by atoms with Crippen LogP contribution in [0.3, 0.4) is 0 Å². The highest BCUT2D eigenvalue weighted by Gasteiger charge is 2.33. The summed E-state index contributed by atoms with van der Waals surface area (Å²) in [5.74, 6) is 1.18. The third-order valence-corrected chi connectivity index (χ3v) is 4.97. The van der Waals surface area contributed by atoms with Crippen molar-refractivity contribution in [1.29, 1.82) is 0 Å². The van der Waals surface area contributed by atoms with E-state index in [0.29, 0.717) is 18.2 Å². The molecule has 0 spiro atoms. The molecule has 6 heteroatoms. The number of rotatable bonds is 4. The summed E-state index contributed by atoms with van der Waals surface area (Å²) >= 11 is 0. The van der Waals surface area contributed by atoms with Crippen LogP contribution >= 0.6 is 0 Å². The Kier molecular flexibility index (Phi) is 4.13. The molecular formula is C16H18N2O3S. The van der Waals surface area contributed by atoms with Gasteiger partial charge in [-0.1, -0.05) is 24.3 Å². The van der Waals surface area contributed by atoms with E-state index in [1.807, 2.05) is 42.5 Å². The SMILES string of the molecule is CS(=O)(=O)N1CCCC1c1cccc(Oc2ccccc2)n1. The summed E-state index contributed by atoms with van der Waals surface area (Å²) in [5.41, 5.74) is 0.733. The van der Waals surface area contributed by atoms with Gasteiger partial charge in [0.05, 0.1) is 18.0 Å². The zero-order valence-corrected chi connectivity index (χ0v) is 13.2. The quantitative estimate of drug-likeness (QED) is 0.869. The molecule has 3 rings (SSSR count). The van der Waals surface area contributed by atoms with Crippen molar-refractivity contribution >= 4 is 10.0 Å². The molecule has 0 amide bonds. The van der Waals surface area contributed by atoms with Gasteiger partial charge in [-0.2, -0.15) is 4.31 Å². The number of ether oxygens (including phenoxy) is 1. The molecule has 0 saturated carbocycles. The second-order valence-corrected chi connectivity index (χ2v) is 7.28. The van der Waals surface area contributed by atoms with Gasteiger partial charge in [0.15, 0.2) is 0 Å². The first-order valence-electron chi connectivity index (χ1n) is 7.21. The molecule has 116 valence electrons. The fraction of sp³-hybridized carbons (Fsp3) is 0.312. The summed E-state index contributed by atoms with van der Waals surface area (Å²) in [6.45, 7) is 0.551. The molecule has 1 atom stereocenters. The molecule has 1 fully saturated rings. The largest absolute Gasteiger partial charge is 0.439 e. The number of para-hydroxylation sites is 1. The Hall–Kier alpha value is -1.92. The highest BCUT2D eigenvalue weighted by molar-refractivity contribution is 7.88. The Bertz CT molecular complexity index is 747. The molecule has 1 unspecified atom stereocenters. The van der Waals surface area contributed by atoms with Gasteiger partial charge in [0.2, 0.25) is 15.9 Å². The maximum atomic E-state index is 11.9. The second-order valence-electron chi connectivity index (χ2n) is 5.35. The lowest BCUT2D eigenvalue weighted by Gasteiger charge is -2.21. The van der Waals surface area contributed by atoms with Gasteiger partial charge in [0.25, 0.3) is 0 Å². The van der Waals surface area contributed by atoms with E-state index in [4.69, 9.17) is 4.74 Å². The van der Waals surface area contributed by atoms with Crippen LogP contribution in [0.5, 0.6) is 11.6 Å². The normalized spacial score (nSPS) is 19.2. The third-order valence-electron chi connectivity index (χ3n) is 3.68. The number of nitrogens with zero attached hydrogens (tertiary/aromatic N) is 2. The summed E-state index contributed by atoms with van der Waals surface area (Å²) in [6, 6.07) is 14.7. The Labute approximate surface area is 130 Å². The number of benzene rings is 1. The van der Waals surface area contributed by atoms with E-state index in [1.54, 1.807) is 6.07 Å². The van der Waals surface area contributed by atoms with E-state index < -0.39 is 10.0 Å². The van der Waals surface area contributed by atoms with E-state index in [-0.39, 0.29) is 6.04 Å². The molecule has 0 bridgehead atoms. The lowest BCUT2D eigenvalue weighted by Crippen LogP contribution is -2.29. The molecule has 1 aliphatic heterocycles. The molecular weight excluding hydrogens is 300 g/mol. The minimum atomic E-state index is -3.22. The van der Waals surface area contributed by atoms with Crippen molar-refractivity contribution in [2.24, 2.45) is 0 Å². The van der Waals surface area contributed by atoms with E-state index in [1.165, 1.54) is 10.6 Å². The Morgan fingerprint density at radius 2 is 1.91 bits per heavy atom. The van der Waals surface area contributed by atoms with Crippen molar-refractivity contribution < 1.29 is 13.2 Å². The highest BCUT2D eigenvalue weighted by Crippen LogP contribution is 2.33. The summed E-state index contributed by atoms with van der Waals surface area (Å²) in [5, 5.41) is 0. The Balaban J connectivity index is 1.85. The number of hydrogen-bond acceptors (Lipinski definition) is 4. The third kappa shape index (κ3) is 3.28. The molecule has 1 aliphatic rings. The van der Waals surface area contributed by atoms with Crippen molar-refractivity contribution in [2.45, 2.75) is 18.9 Å². The minimum Gasteiger partial charge on any atom is -0.439 e. The van der Waals surface area contributed by atoms with E-state index in [2.05, 4.69) is 4.98 Å². The van der Waals surface area contributed by atoms with Gasteiger partial charge in [0.1, 0.15) is 5.75 Å². The van der Waals surface area contributed by atoms with Crippen molar-refractivity contribution in [3.05, 3.63) is 54.2 Å². The first-order chi connectivity index (χ1) is 10.5. The van der Waals surface area contributed by atoms with E-state index >= 15 is 0 Å². The average Bonchev–Trinajstić information content (AvgIpc) is 2.98. The second kappa shape index (κ2) is 6.06. The predicted octanol–water partition coefficient (Wildman–Crippen LogP) is 2.97. The molecule has 1 saturated heterocycles. The highest BCUT2D eigenvalue weighted by atomic mass is 32.2. The standard InChI is InChI=1S/C16H18N2O3S/c1-22(19,20)18-12-6-10-15(18)14-9-5-11-16(17-14)21-13-7-3-2-4-8-13/h2-5,7-9,11,15H,6,10,12H2,1H3. The molecule has 22 heavy (non-hydrogen) atoms. The molecule has 1 aromatic carbocycles. The van der Waals surface area contributed by atoms with Gasteiger partial charge < -0.3 is 4.74 Å².